The molecular weight excluding hydrogens is 210 g/mol. The van der Waals surface area contributed by atoms with Gasteiger partial charge in [0.1, 0.15) is 11.5 Å². The first-order valence-corrected chi connectivity index (χ1v) is 5.51. The van der Waals surface area contributed by atoms with Crippen molar-refractivity contribution in [3.05, 3.63) is 21.9 Å². The van der Waals surface area contributed by atoms with Gasteiger partial charge in [-0.1, -0.05) is 11.8 Å². The highest BCUT2D eigenvalue weighted by atomic mass is 32.1. The first-order valence-electron chi connectivity index (χ1n) is 4.63. The van der Waals surface area contributed by atoms with E-state index in [0.717, 1.165) is 0 Å². The number of amides is 1. The highest BCUT2D eigenvalue weighted by Crippen LogP contribution is 2.17. The molecule has 80 valence electrons. The number of hydrogen-bond donors (Lipinski definition) is 1. The van der Waals surface area contributed by atoms with Gasteiger partial charge in [-0.2, -0.15) is 0 Å². The van der Waals surface area contributed by atoms with Crippen LogP contribution in [0, 0.1) is 11.8 Å². The van der Waals surface area contributed by atoms with Gasteiger partial charge in [0.25, 0.3) is 5.91 Å². The second-order valence-electron chi connectivity index (χ2n) is 2.94. The zero-order chi connectivity index (χ0) is 11.3. The molecule has 0 fully saturated rings. The van der Waals surface area contributed by atoms with Crippen LogP contribution in [-0.4, -0.2) is 36.1 Å². The number of nitrogens with zero attached hydrogens (tertiary/aromatic N) is 1. The van der Waals surface area contributed by atoms with Crippen LogP contribution in [0.4, 0.5) is 0 Å². The average Bonchev–Trinajstić information content (AvgIpc) is 2.72. The fraction of sp³-hybridized carbons (Fsp3) is 0.364. The molecule has 15 heavy (non-hydrogen) atoms. The van der Waals surface area contributed by atoms with Gasteiger partial charge in [-0.15, -0.1) is 11.3 Å². The van der Waals surface area contributed by atoms with E-state index < -0.39 is 0 Å². The summed E-state index contributed by atoms with van der Waals surface area (Å²) in [4.78, 5) is 14.1. The van der Waals surface area contributed by atoms with Crippen molar-refractivity contribution in [2.75, 3.05) is 20.2 Å². The summed E-state index contributed by atoms with van der Waals surface area (Å²) in [6.07, 6.45) is 0. The summed E-state index contributed by atoms with van der Waals surface area (Å²) >= 11 is 1.38. The lowest BCUT2D eigenvalue weighted by atomic mass is 10.2. The van der Waals surface area contributed by atoms with Crippen LogP contribution in [0.1, 0.15) is 22.2 Å². The summed E-state index contributed by atoms with van der Waals surface area (Å²) in [6, 6.07) is 1.80. The summed E-state index contributed by atoms with van der Waals surface area (Å²) in [7, 11) is 1.76. The summed E-state index contributed by atoms with van der Waals surface area (Å²) in [6.45, 7) is 2.40. The quantitative estimate of drug-likeness (QED) is 0.765. The van der Waals surface area contributed by atoms with Crippen LogP contribution >= 0.6 is 11.3 Å². The van der Waals surface area contributed by atoms with E-state index in [1.54, 1.807) is 18.0 Å². The summed E-state index contributed by atoms with van der Waals surface area (Å²) in [5, 5.41) is 10.4. The maximum absolute atomic E-state index is 11.8. The minimum atomic E-state index is -0.187. The van der Waals surface area contributed by atoms with Gasteiger partial charge in [0, 0.05) is 19.2 Å². The second kappa shape index (κ2) is 5.54. The largest absolute Gasteiger partial charge is 0.384 e. The number of carbonyl (C=O) groups excluding carboxylic acids is 1. The zero-order valence-corrected chi connectivity index (χ0v) is 9.60. The van der Waals surface area contributed by atoms with Crippen LogP contribution in [0.3, 0.4) is 0 Å². The predicted molar refractivity (Wildman–Crippen MR) is 60.9 cm³/mol. The normalized spacial score (nSPS) is 9.27. The van der Waals surface area contributed by atoms with E-state index in [2.05, 4.69) is 11.8 Å². The number of hydrogen-bond acceptors (Lipinski definition) is 3. The van der Waals surface area contributed by atoms with Crippen molar-refractivity contribution in [3.8, 4) is 11.8 Å². The van der Waals surface area contributed by atoms with Gasteiger partial charge in [-0.05, 0) is 18.4 Å². The first-order chi connectivity index (χ1) is 7.20. The van der Waals surface area contributed by atoms with Crippen LogP contribution in [0.25, 0.3) is 0 Å². The second-order valence-corrected chi connectivity index (χ2v) is 3.86. The van der Waals surface area contributed by atoms with E-state index in [-0.39, 0.29) is 12.5 Å². The van der Waals surface area contributed by atoms with Crippen LogP contribution < -0.4 is 0 Å². The lowest BCUT2D eigenvalue weighted by Crippen LogP contribution is -2.25. The van der Waals surface area contributed by atoms with Gasteiger partial charge < -0.3 is 10.0 Å². The predicted octanol–water partition coefficient (Wildman–Crippen LogP) is 1.18. The summed E-state index contributed by atoms with van der Waals surface area (Å²) in [5.74, 6) is 5.29. The third-order valence-electron chi connectivity index (χ3n) is 1.98. The lowest BCUT2D eigenvalue weighted by molar-refractivity contribution is 0.0807. The molecule has 0 saturated heterocycles. The van der Waals surface area contributed by atoms with Gasteiger partial charge in [-0.25, -0.2) is 0 Å². The van der Waals surface area contributed by atoms with Crippen molar-refractivity contribution < 1.29 is 9.90 Å². The standard InChI is InChI=1S/C11H13NO2S/c1-3-12(2)11(14)10-9(5-4-7-13)6-8-15-10/h6,8,13H,3,7H2,1-2H3. The van der Waals surface area contributed by atoms with Gasteiger partial charge in [0.2, 0.25) is 0 Å². The molecule has 4 heteroatoms. The molecule has 1 aromatic rings. The third-order valence-corrected chi connectivity index (χ3v) is 2.89. The fourth-order valence-corrected chi connectivity index (χ4v) is 1.87. The molecule has 1 rings (SSSR count). The highest BCUT2D eigenvalue weighted by Gasteiger charge is 2.14. The van der Waals surface area contributed by atoms with Crippen molar-refractivity contribution in [2.24, 2.45) is 0 Å². The molecule has 3 nitrogen and oxygen atoms in total. The van der Waals surface area contributed by atoms with Crippen molar-refractivity contribution >= 4 is 17.2 Å². The van der Waals surface area contributed by atoms with Crippen LogP contribution in [0.15, 0.2) is 11.4 Å². The molecule has 0 spiro atoms. The molecule has 1 amide bonds. The Balaban J connectivity index is 2.95. The van der Waals surface area contributed by atoms with Crippen molar-refractivity contribution in [1.29, 1.82) is 0 Å². The number of thiophene rings is 1. The molecule has 0 aliphatic carbocycles. The van der Waals surface area contributed by atoms with Gasteiger partial charge in [0.15, 0.2) is 0 Å². The van der Waals surface area contributed by atoms with Crippen molar-refractivity contribution in [2.45, 2.75) is 6.92 Å². The molecule has 0 aliphatic rings. The number of aliphatic hydroxyl groups excluding tert-OH is 1. The Kier molecular flexibility index (Phi) is 4.35. The number of aliphatic hydroxyl groups is 1. The van der Waals surface area contributed by atoms with Gasteiger partial charge >= 0.3 is 0 Å². The zero-order valence-electron chi connectivity index (χ0n) is 8.78. The smallest absolute Gasteiger partial charge is 0.264 e. The maximum atomic E-state index is 11.8. The van der Waals surface area contributed by atoms with Crippen molar-refractivity contribution in [3.63, 3.8) is 0 Å². The molecule has 0 aromatic carbocycles. The highest BCUT2D eigenvalue weighted by molar-refractivity contribution is 7.12. The van der Waals surface area contributed by atoms with E-state index in [1.807, 2.05) is 12.3 Å². The fourth-order valence-electron chi connectivity index (χ4n) is 1.03. The Morgan fingerprint density at radius 3 is 3.00 bits per heavy atom. The molecule has 0 saturated carbocycles. The maximum Gasteiger partial charge on any atom is 0.264 e. The first kappa shape index (κ1) is 11.8. The number of rotatable bonds is 2. The topological polar surface area (TPSA) is 40.5 Å². The molecule has 0 atom stereocenters. The van der Waals surface area contributed by atoms with Gasteiger partial charge in [-0.3, -0.25) is 4.79 Å². The Bertz CT molecular complexity index is 400. The molecule has 0 bridgehead atoms. The van der Waals surface area contributed by atoms with E-state index >= 15 is 0 Å². The Morgan fingerprint density at radius 1 is 1.67 bits per heavy atom. The number of carbonyl (C=O) groups is 1. The van der Waals surface area contributed by atoms with E-state index in [1.165, 1.54) is 11.3 Å². The Morgan fingerprint density at radius 2 is 2.40 bits per heavy atom. The molecule has 1 heterocycles. The van der Waals surface area contributed by atoms with Crippen LogP contribution in [0.2, 0.25) is 0 Å². The monoisotopic (exact) mass is 223 g/mol. The SMILES string of the molecule is CCN(C)C(=O)c1sccc1C#CCO. The van der Waals surface area contributed by atoms with Crippen molar-refractivity contribution in [1.82, 2.24) is 4.90 Å². The minimum absolute atomic E-state index is 0.0188. The molecule has 0 unspecified atom stereocenters. The van der Waals surface area contributed by atoms with Gasteiger partial charge in [0.05, 0.1) is 0 Å². The molecule has 1 aromatic heterocycles. The van der Waals surface area contributed by atoms with E-state index in [4.69, 9.17) is 5.11 Å². The average molecular weight is 223 g/mol. The van der Waals surface area contributed by atoms with E-state index in [9.17, 15) is 4.79 Å². The summed E-state index contributed by atoms with van der Waals surface area (Å²) < 4.78 is 0. The Hall–Kier alpha value is -1.31. The Labute approximate surface area is 93.3 Å². The van der Waals surface area contributed by atoms with Crippen LogP contribution in [-0.2, 0) is 0 Å². The third kappa shape index (κ3) is 2.82. The van der Waals surface area contributed by atoms with Crippen LogP contribution in [0.5, 0.6) is 0 Å². The molecule has 0 radical (unpaired) electrons. The van der Waals surface area contributed by atoms with E-state index in [0.29, 0.717) is 17.0 Å². The summed E-state index contributed by atoms with van der Waals surface area (Å²) in [5.41, 5.74) is 0.694. The minimum Gasteiger partial charge on any atom is -0.384 e. The molecule has 0 aliphatic heterocycles. The lowest BCUT2D eigenvalue weighted by Gasteiger charge is -2.13. The molecular formula is C11H13NO2S. The molecule has 1 N–H and O–H groups in total.